The summed E-state index contributed by atoms with van der Waals surface area (Å²) in [4.78, 5) is 33.4. The first kappa shape index (κ1) is 20.6. The average molecular weight is 398 g/mol. The monoisotopic (exact) mass is 398 g/mol. The van der Waals surface area contributed by atoms with E-state index >= 15 is 0 Å². The van der Waals surface area contributed by atoms with Gasteiger partial charge in [-0.25, -0.2) is 0 Å². The van der Waals surface area contributed by atoms with Crippen LogP contribution in [0.25, 0.3) is 0 Å². The van der Waals surface area contributed by atoms with Gasteiger partial charge in [0.15, 0.2) is 11.5 Å². The van der Waals surface area contributed by atoms with Crippen molar-refractivity contribution in [3.05, 3.63) is 53.3 Å². The maximum absolute atomic E-state index is 12.7. The minimum atomic E-state index is -0.269. The van der Waals surface area contributed by atoms with E-state index in [2.05, 4.69) is 15.2 Å². The lowest BCUT2D eigenvalue weighted by molar-refractivity contribution is 0.0658. The van der Waals surface area contributed by atoms with Gasteiger partial charge in [-0.05, 0) is 36.9 Å². The number of methoxy groups -OCH3 is 2. The second kappa shape index (κ2) is 9.38. The van der Waals surface area contributed by atoms with E-state index in [1.54, 1.807) is 37.3 Å². The van der Waals surface area contributed by atoms with E-state index in [4.69, 9.17) is 9.47 Å². The van der Waals surface area contributed by atoms with Gasteiger partial charge in [-0.1, -0.05) is 6.07 Å². The van der Waals surface area contributed by atoms with Crippen molar-refractivity contribution < 1.29 is 19.1 Å². The second-order valence-corrected chi connectivity index (χ2v) is 6.90. The fraction of sp³-hybridized carbons (Fsp3) is 0.381. The molecule has 0 aliphatic carbocycles. The van der Waals surface area contributed by atoms with Gasteiger partial charge >= 0.3 is 0 Å². The summed E-state index contributed by atoms with van der Waals surface area (Å²) < 4.78 is 10.5. The number of nitrogens with one attached hydrogen (secondary N) is 1. The lowest BCUT2D eigenvalue weighted by atomic mass is 10.1. The molecule has 0 radical (unpaired) electrons. The van der Waals surface area contributed by atoms with Crippen molar-refractivity contribution in [2.75, 3.05) is 47.4 Å². The zero-order valence-corrected chi connectivity index (χ0v) is 17.0. The maximum atomic E-state index is 12.7. The van der Waals surface area contributed by atoms with E-state index in [-0.39, 0.29) is 17.5 Å². The number of pyridine rings is 1. The number of piperazine rings is 1. The minimum absolute atomic E-state index is 0.146. The van der Waals surface area contributed by atoms with Crippen LogP contribution < -0.4 is 14.8 Å². The standard InChI is InChI=1S/C21H26N4O4/c1-24-8-10-25(11-9-24)21(27)17-13-16(6-7-22-17)20(26)23-14-15-4-5-18(28-2)19(12-15)29-3/h4-7,12-13H,8-11,14H2,1-3H3,(H,23,26). The lowest BCUT2D eigenvalue weighted by Gasteiger charge is -2.32. The van der Waals surface area contributed by atoms with Crippen molar-refractivity contribution in [3.63, 3.8) is 0 Å². The van der Waals surface area contributed by atoms with Crippen LogP contribution in [0.4, 0.5) is 0 Å². The summed E-state index contributed by atoms with van der Waals surface area (Å²) in [6.45, 7) is 3.30. The molecule has 2 amide bonds. The molecule has 1 aromatic heterocycles. The number of amides is 2. The molecule has 1 aliphatic rings. The number of hydrogen-bond acceptors (Lipinski definition) is 6. The van der Waals surface area contributed by atoms with Crippen LogP contribution in [-0.2, 0) is 6.54 Å². The van der Waals surface area contributed by atoms with Gasteiger partial charge in [0.25, 0.3) is 11.8 Å². The number of carbonyl (C=O) groups is 2. The molecular weight excluding hydrogens is 372 g/mol. The Hall–Kier alpha value is -3.13. The molecule has 29 heavy (non-hydrogen) atoms. The number of carbonyl (C=O) groups excluding carboxylic acids is 2. The number of hydrogen-bond donors (Lipinski definition) is 1. The molecule has 154 valence electrons. The molecule has 8 heteroatoms. The molecule has 0 unspecified atom stereocenters. The van der Waals surface area contributed by atoms with Crippen molar-refractivity contribution >= 4 is 11.8 Å². The van der Waals surface area contributed by atoms with Gasteiger partial charge in [-0.3, -0.25) is 14.6 Å². The van der Waals surface area contributed by atoms with E-state index in [1.165, 1.54) is 6.20 Å². The third-order valence-electron chi connectivity index (χ3n) is 4.93. The third-order valence-corrected chi connectivity index (χ3v) is 4.93. The molecule has 1 fully saturated rings. The summed E-state index contributed by atoms with van der Waals surface area (Å²) in [7, 11) is 5.17. The zero-order chi connectivity index (χ0) is 20.8. The predicted molar refractivity (Wildman–Crippen MR) is 108 cm³/mol. The molecule has 2 aromatic rings. The van der Waals surface area contributed by atoms with Gasteiger partial charge in [-0.2, -0.15) is 0 Å². The molecule has 3 rings (SSSR count). The van der Waals surface area contributed by atoms with E-state index in [0.29, 0.717) is 36.7 Å². The molecule has 0 saturated carbocycles. The fourth-order valence-corrected chi connectivity index (χ4v) is 3.14. The molecule has 0 atom stereocenters. The molecular formula is C21H26N4O4. The van der Waals surface area contributed by atoms with Gasteiger partial charge in [0.2, 0.25) is 0 Å². The van der Waals surface area contributed by atoms with Gasteiger partial charge in [0.1, 0.15) is 5.69 Å². The second-order valence-electron chi connectivity index (χ2n) is 6.90. The predicted octanol–water partition coefficient (Wildman–Crippen LogP) is 1.42. The number of likely N-dealkylation sites (N-methyl/N-ethyl adjacent to an activating group) is 1. The normalized spacial score (nSPS) is 14.4. The van der Waals surface area contributed by atoms with Crippen molar-refractivity contribution in [1.29, 1.82) is 0 Å². The molecule has 1 N–H and O–H groups in total. The Labute approximate surface area is 170 Å². The summed E-state index contributed by atoms with van der Waals surface area (Å²) in [5.74, 6) is 0.814. The Morgan fingerprint density at radius 1 is 1.03 bits per heavy atom. The Morgan fingerprint density at radius 2 is 1.76 bits per heavy atom. The average Bonchev–Trinajstić information content (AvgIpc) is 2.77. The van der Waals surface area contributed by atoms with Crippen LogP contribution in [-0.4, -0.2) is 74.0 Å². The van der Waals surface area contributed by atoms with Crippen LogP contribution in [0.5, 0.6) is 11.5 Å². The van der Waals surface area contributed by atoms with Crippen molar-refractivity contribution in [2.24, 2.45) is 0 Å². The van der Waals surface area contributed by atoms with Crippen LogP contribution in [0, 0.1) is 0 Å². The third kappa shape index (κ3) is 5.03. The Morgan fingerprint density at radius 3 is 2.45 bits per heavy atom. The zero-order valence-electron chi connectivity index (χ0n) is 17.0. The van der Waals surface area contributed by atoms with Crippen LogP contribution in [0.3, 0.4) is 0 Å². The lowest BCUT2D eigenvalue weighted by Crippen LogP contribution is -2.47. The summed E-state index contributed by atoms with van der Waals surface area (Å²) in [5.41, 5.74) is 1.56. The first-order valence-electron chi connectivity index (χ1n) is 9.45. The van der Waals surface area contributed by atoms with E-state index < -0.39 is 0 Å². The summed E-state index contributed by atoms with van der Waals surface area (Å²) in [6, 6.07) is 8.61. The molecule has 1 aliphatic heterocycles. The van der Waals surface area contributed by atoms with Crippen LogP contribution in [0.1, 0.15) is 26.4 Å². The number of nitrogens with zero attached hydrogens (tertiary/aromatic N) is 3. The maximum Gasteiger partial charge on any atom is 0.272 e. The number of benzene rings is 1. The van der Waals surface area contributed by atoms with Gasteiger partial charge < -0.3 is 24.6 Å². The van der Waals surface area contributed by atoms with E-state index in [1.807, 2.05) is 19.2 Å². The molecule has 1 saturated heterocycles. The van der Waals surface area contributed by atoms with Gasteiger partial charge in [-0.15, -0.1) is 0 Å². The highest BCUT2D eigenvalue weighted by molar-refractivity contribution is 5.98. The molecule has 0 spiro atoms. The Balaban J connectivity index is 1.64. The number of aromatic nitrogens is 1. The first-order valence-corrected chi connectivity index (χ1v) is 9.45. The summed E-state index contributed by atoms with van der Waals surface area (Å²) in [5, 5.41) is 2.86. The van der Waals surface area contributed by atoms with E-state index in [9.17, 15) is 9.59 Å². The topological polar surface area (TPSA) is 84.0 Å². The Bertz CT molecular complexity index is 879. The summed E-state index contributed by atoms with van der Waals surface area (Å²) >= 11 is 0. The quantitative estimate of drug-likeness (QED) is 0.792. The number of ether oxygens (including phenoxy) is 2. The van der Waals surface area contributed by atoms with Crippen LogP contribution in [0.2, 0.25) is 0 Å². The van der Waals surface area contributed by atoms with Crippen LogP contribution in [0.15, 0.2) is 36.5 Å². The molecule has 0 bridgehead atoms. The van der Waals surface area contributed by atoms with Gasteiger partial charge in [0.05, 0.1) is 14.2 Å². The largest absolute Gasteiger partial charge is 0.493 e. The SMILES string of the molecule is COc1ccc(CNC(=O)c2ccnc(C(=O)N3CCN(C)CC3)c2)cc1OC. The number of rotatable bonds is 6. The first-order chi connectivity index (χ1) is 14.0. The van der Waals surface area contributed by atoms with Crippen molar-refractivity contribution in [3.8, 4) is 11.5 Å². The summed E-state index contributed by atoms with van der Waals surface area (Å²) in [6.07, 6.45) is 1.49. The highest BCUT2D eigenvalue weighted by atomic mass is 16.5. The van der Waals surface area contributed by atoms with E-state index in [0.717, 1.165) is 18.7 Å². The van der Waals surface area contributed by atoms with Crippen molar-refractivity contribution in [2.45, 2.75) is 6.54 Å². The van der Waals surface area contributed by atoms with Crippen molar-refractivity contribution in [1.82, 2.24) is 20.1 Å². The molecule has 8 nitrogen and oxygen atoms in total. The van der Waals surface area contributed by atoms with Gasteiger partial charge in [0, 0.05) is 44.5 Å². The fourth-order valence-electron chi connectivity index (χ4n) is 3.14. The highest BCUT2D eigenvalue weighted by Gasteiger charge is 2.22. The molecule has 1 aromatic carbocycles. The smallest absolute Gasteiger partial charge is 0.272 e. The highest BCUT2D eigenvalue weighted by Crippen LogP contribution is 2.27. The molecule has 2 heterocycles. The van der Waals surface area contributed by atoms with Crippen LogP contribution >= 0.6 is 0 Å². The minimum Gasteiger partial charge on any atom is -0.493 e. The Kier molecular flexibility index (Phi) is 6.66.